The molecule has 0 aromatic heterocycles. The fourth-order valence-corrected chi connectivity index (χ4v) is 2.70. The van der Waals surface area contributed by atoms with Gasteiger partial charge in [0.05, 0.1) is 16.0 Å². The zero-order chi connectivity index (χ0) is 16.3. The van der Waals surface area contributed by atoms with Crippen LogP contribution < -0.4 is 4.74 Å². The fraction of sp³-hybridized carbons (Fsp3) is 0.188. The topological polar surface area (TPSA) is 46.5 Å². The summed E-state index contributed by atoms with van der Waals surface area (Å²) < 4.78 is 5.74. The van der Waals surface area contributed by atoms with Gasteiger partial charge in [-0.15, -0.1) is 11.8 Å². The predicted molar refractivity (Wildman–Crippen MR) is 90.8 cm³/mol. The molecule has 0 fully saturated rings. The van der Waals surface area contributed by atoms with Crippen LogP contribution >= 0.6 is 35.0 Å². The number of hydrogen-bond donors (Lipinski definition) is 1. The molecule has 2 rings (SSSR count). The van der Waals surface area contributed by atoms with Crippen molar-refractivity contribution in [1.29, 1.82) is 0 Å². The van der Waals surface area contributed by atoms with Gasteiger partial charge in [-0.3, -0.25) is 4.79 Å². The van der Waals surface area contributed by atoms with Gasteiger partial charge in [-0.05, 0) is 49.1 Å². The summed E-state index contributed by atoms with van der Waals surface area (Å²) in [5, 5.41) is 9.96. The van der Waals surface area contributed by atoms with Gasteiger partial charge >= 0.3 is 5.97 Å². The molecule has 116 valence electrons. The molecule has 0 aliphatic carbocycles. The lowest BCUT2D eigenvalue weighted by molar-refractivity contribution is -0.138. The number of aliphatic carboxylic acids is 1. The van der Waals surface area contributed by atoms with Crippen molar-refractivity contribution in [3.05, 3.63) is 52.0 Å². The highest BCUT2D eigenvalue weighted by Gasteiger charge is 2.16. The lowest BCUT2D eigenvalue weighted by atomic mass is 10.0. The molecule has 2 aromatic rings. The molecule has 0 saturated heterocycles. The average molecular weight is 357 g/mol. The van der Waals surface area contributed by atoms with E-state index < -0.39 is 11.9 Å². The Balaban J connectivity index is 2.33. The maximum atomic E-state index is 11.1. The van der Waals surface area contributed by atoms with Gasteiger partial charge in [-0.2, -0.15) is 0 Å². The van der Waals surface area contributed by atoms with E-state index in [9.17, 15) is 4.79 Å². The number of ether oxygens (including phenoxy) is 1. The Morgan fingerprint density at radius 2 is 1.86 bits per heavy atom. The Hall–Kier alpha value is -1.36. The summed E-state index contributed by atoms with van der Waals surface area (Å²) in [6.45, 7) is 1.61. The maximum Gasteiger partial charge on any atom is 0.310 e. The van der Waals surface area contributed by atoms with Gasteiger partial charge in [0.1, 0.15) is 11.5 Å². The Morgan fingerprint density at radius 3 is 2.45 bits per heavy atom. The minimum atomic E-state index is -0.907. The van der Waals surface area contributed by atoms with Crippen LogP contribution in [-0.4, -0.2) is 17.3 Å². The van der Waals surface area contributed by atoms with Crippen LogP contribution in [0.4, 0.5) is 0 Å². The smallest absolute Gasteiger partial charge is 0.310 e. The third-order valence-electron chi connectivity index (χ3n) is 3.18. The standard InChI is InChI=1S/C16H14Cl2O3S/c1-9(16(19)20)10-3-5-12(17)15(7-10)21-14-6-4-11(22-2)8-13(14)18/h3-9H,1-2H3,(H,19,20). The number of carbonyl (C=O) groups is 1. The molecule has 0 radical (unpaired) electrons. The van der Waals surface area contributed by atoms with Gasteiger partial charge in [0.25, 0.3) is 0 Å². The summed E-state index contributed by atoms with van der Waals surface area (Å²) in [4.78, 5) is 12.1. The first-order valence-electron chi connectivity index (χ1n) is 6.46. The molecule has 0 heterocycles. The van der Waals surface area contributed by atoms with E-state index in [1.807, 2.05) is 12.3 Å². The van der Waals surface area contributed by atoms with Crippen LogP contribution in [0.1, 0.15) is 18.4 Å². The van der Waals surface area contributed by atoms with Crippen LogP contribution in [0.3, 0.4) is 0 Å². The van der Waals surface area contributed by atoms with Crippen LogP contribution in [0.25, 0.3) is 0 Å². The van der Waals surface area contributed by atoms with Crippen LogP contribution in [0.5, 0.6) is 11.5 Å². The summed E-state index contributed by atoms with van der Waals surface area (Å²) in [6, 6.07) is 10.4. The molecule has 1 N–H and O–H groups in total. The number of thioether (sulfide) groups is 1. The largest absolute Gasteiger partial charge is 0.481 e. The SMILES string of the molecule is CSc1ccc(Oc2cc(C(C)C(=O)O)ccc2Cl)c(Cl)c1. The van der Waals surface area contributed by atoms with Crippen LogP contribution in [0.15, 0.2) is 41.3 Å². The van der Waals surface area contributed by atoms with Crippen molar-refractivity contribution in [1.82, 2.24) is 0 Å². The van der Waals surface area contributed by atoms with Gasteiger partial charge in [-0.1, -0.05) is 29.3 Å². The van der Waals surface area contributed by atoms with Gasteiger partial charge in [0.15, 0.2) is 0 Å². The number of rotatable bonds is 5. The first-order chi connectivity index (χ1) is 10.4. The van der Waals surface area contributed by atoms with Crippen molar-refractivity contribution < 1.29 is 14.6 Å². The molecule has 1 unspecified atom stereocenters. The van der Waals surface area contributed by atoms with E-state index in [2.05, 4.69) is 0 Å². The summed E-state index contributed by atoms with van der Waals surface area (Å²) in [7, 11) is 0. The number of carboxylic acid groups (broad SMARTS) is 1. The number of halogens is 2. The van der Waals surface area contributed by atoms with Gasteiger partial charge < -0.3 is 9.84 Å². The highest BCUT2D eigenvalue weighted by atomic mass is 35.5. The van der Waals surface area contributed by atoms with E-state index in [1.165, 1.54) is 0 Å². The molecule has 22 heavy (non-hydrogen) atoms. The minimum absolute atomic E-state index is 0.381. The molecule has 0 aliphatic heterocycles. The van der Waals surface area contributed by atoms with Gasteiger partial charge in [-0.25, -0.2) is 0 Å². The summed E-state index contributed by atoms with van der Waals surface area (Å²) in [5.41, 5.74) is 0.615. The summed E-state index contributed by atoms with van der Waals surface area (Å²) in [5.74, 6) is -0.697. The molecule has 0 spiro atoms. The van der Waals surface area contributed by atoms with Crippen LogP contribution in [0, 0.1) is 0 Å². The fourth-order valence-electron chi connectivity index (χ4n) is 1.82. The van der Waals surface area contributed by atoms with Crippen molar-refractivity contribution in [2.75, 3.05) is 6.26 Å². The second-order valence-corrected chi connectivity index (χ2v) is 6.34. The van der Waals surface area contributed by atoms with E-state index in [1.54, 1.807) is 49.0 Å². The third-order valence-corrected chi connectivity index (χ3v) is 4.52. The Bertz CT molecular complexity index is 704. The zero-order valence-electron chi connectivity index (χ0n) is 12.0. The van der Waals surface area contributed by atoms with E-state index >= 15 is 0 Å². The van der Waals surface area contributed by atoms with E-state index in [4.69, 9.17) is 33.0 Å². The number of carboxylic acids is 1. The summed E-state index contributed by atoms with van der Waals surface area (Å²) >= 11 is 13.9. The molecule has 0 bridgehead atoms. The predicted octanol–water partition coefficient (Wildman–Crippen LogP) is 5.70. The van der Waals surface area contributed by atoms with Crippen molar-refractivity contribution >= 4 is 40.9 Å². The maximum absolute atomic E-state index is 11.1. The van der Waals surface area contributed by atoms with Gasteiger partial charge in [0.2, 0.25) is 0 Å². The average Bonchev–Trinajstić information content (AvgIpc) is 2.50. The highest BCUT2D eigenvalue weighted by Crippen LogP contribution is 2.36. The van der Waals surface area contributed by atoms with E-state index in [0.29, 0.717) is 27.1 Å². The van der Waals surface area contributed by atoms with E-state index in [0.717, 1.165) is 4.90 Å². The van der Waals surface area contributed by atoms with E-state index in [-0.39, 0.29) is 0 Å². The molecule has 1 atom stereocenters. The lowest BCUT2D eigenvalue weighted by Gasteiger charge is -2.13. The second kappa shape index (κ2) is 7.27. The molecular formula is C16H14Cl2O3S. The first-order valence-corrected chi connectivity index (χ1v) is 8.44. The molecular weight excluding hydrogens is 343 g/mol. The third kappa shape index (κ3) is 3.88. The van der Waals surface area contributed by atoms with Gasteiger partial charge in [0, 0.05) is 4.90 Å². The molecule has 0 amide bonds. The monoisotopic (exact) mass is 356 g/mol. The molecule has 0 aliphatic rings. The van der Waals surface area contributed by atoms with Crippen molar-refractivity contribution in [2.45, 2.75) is 17.7 Å². The normalized spacial score (nSPS) is 12.0. The van der Waals surface area contributed by atoms with Crippen LogP contribution in [-0.2, 0) is 4.79 Å². The van der Waals surface area contributed by atoms with Crippen molar-refractivity contribution in [2.24, 2.45) is 0 Å². The van der Waals surface area contributed by atoms with Crippen molar-refractivity contribution in [3.63, 3.8) is 0 Å². The van der Waals surface area contributed by atoms with Crippen LogP contribution in [0.2, 0.25) is 10.0 Å². The highest BCUT2D eigenvalue weighted by molar-refractivity contribution is 7.98. The Labute approximate surface area is 143 Å². The second-order valence-electron chi connectivity index (χ2n) is 4.65. The molecule has 0 saturated carbocycles. The lowest BCUT2D eigenvalue weighted by Crippen LogP contribution is -2.07. The number of benzene rings is 2. The zero-order valence-corrected chi connectivity index (χ0v) is 14.3. The minimum Gasteiger partial charge on any atom is -0.481 e. The number of hydrogen-bond acceptors (Lipinski definition) is 3. The molecule has 2 aromatic carbocycles. The molecule has 6 heteroatoms. The van der Waals surface area contributed by atoms with Crippen molar-refractivity contribution in [3.8, 4) is 11.5 Å². The Morgan fingerprint density at radius 1 is 1.14 bits per heavy atom. The quantitative estimate of drug-likeness (QED) is 0.698. The Kier molecular flexibility index (Phi) is 5.62. The molecule has 3 nitrogen and oxygen atoms in total. The summed E-state index contributed by atoms with van der Waals surface area (Å²) in [6.07, 6.45) is 1.96. The first kappa shape index (κ1) is 17.0.